The van der Waals surface area contributed by atoms with E-state index in [1.165, 1.54) is 33.6 Å². The van der Waals surface area contributed by atoms with Gasteiger partial charge in [0, 0.05) is 30.4 Å². The first-order valence-electron chi connectivity index (χ1n) is 10.2. The van der Waals surface area contributed by atoms with E-state index in [2.05, 4.69) is 50.8 Å². The summed E-state index contributed by atoms with van der Waals surface area (Å²) in [4.78, 5) is 2.41. The summed E-state index contributed by atoms with van der Waals surface area (Å²) in [5.74, 6) is 2.00. The Morgan fingerprint density at radius 3 is 2.61 bits per heavy atom. The van der Waals surface area contributed by atoms with Gasteiger partial charge >= 0.3 is 0 Å². The lowest BCUT2D eigenvalue weighted by Crippen LogP contribution is -2.26. The maximum absolute atomic E-state index is 5.76. The van der Waals surface area contributed by atoms with E-state index >= 15 is 0 Å². The lowest BCUT2D eigenvalue weighted by molar-refractivity contribution is 0.552. The van der Waals surface area contributed by atoms with Crippen LogP contribution in [0, 0.1) is 20.8 Å². The molecule has 0 unspecified atom stereocenters. The van der Waals surface area contributed by atoms with Crippen LogP contribution >= 0.6 is 0 Å². The summed E-state index contributed by atoms with van der Waals surface area (Å²) in [6.45, 7) is 9.74. The van der Waals surface area contributed by atoms with Crippen molar-refractivity contribution in [3.63, 3.8) is 0 Å². The molecule has 0 atom stereocenters. The van der Waals surface area contributed by atoms with Gasteiger partial charge in [-0.25, -0.2) is 0 Å². The molecule has 0 aliphatic carbocycles. The van der Waals surface area contributed by atoms with Crippen molar-refractivity contribution in [2.45, 2.75) is 47.0 Å². The number of hydrogen-bond acceptors (Lipinski definition) is 3. The topological polar surface area (TPSA) is 34.2 Å². The van der Waals surface area contributed by atoms with Crippen LogP contribution in [-0.4, -0.2) is 16.3 Å². The molecule has 0 saturated carbocycles. The minimum Gasteiger partial charge on any atom is -0.464 e. The standard InChI is InChI=1S/C24H29N3O/c1-6-9-19(21-11-8-13-28-21)23-20-10-7-12-27(24(20)25-26(23)5)22-17(3)14-16(2)15-18(22)4/h8-9,11,13-15H,6-7,10,12H2,1-5H3. The number of fused-ring (bicyclic) bond motifs is 1. The molecule has 2 aromatic heterocycles. The quantitative estimate of drug-likeness (QED) is 0.572. The molecule has 1 aromatic carbocycles. The maximum atomic E-state index is 5.76. The summed E-state index contributed by atoms with van der Waals surface area (Å²) in [6, 6.07) is 8.53. The fourth-order valence-corrected chi connectivity index (χ4v) is 4.62. The fourth-order valence-electron chi connectivity index (χ4n) is 4.62. The van der Waals surface area contributed by atoms with Gasteiger partial charge in [0.25, 0.3) is 0 Å². The van der Waals surface area contributed by atoms with E-state index < -0.39 is 0 Å². The molecule has 4 rings (SSSR count). The molecule has 0 spiro atoms. The summed E-state index contributed by atoms with van der Waals surface area (Å²) in [5, 5.41) is 4.99. The molecule has 3 heterocycles. The first-order valence-corrected chi connectivity index (χ1v) is 10.2. The Morgan fingerprint density at radius 1 is 1.21 bits per heavy atom. The van der Waals surface area contributed by atoms with Gasteiger partial charge in [-0.15, -0.1) is 0 Å². The third-order valence-corrected chi connectivity index (χ3v) is 5.54. The van der Waals surface area contributed by atoms with E-state index in [-0.39, 0.29) is 0 Å². The zero-order valence-electron chi connectivity index (χ0n) is 17.5. The molecule has 0 amide bonds. The molecule has 0 fully saturated rings. The zero-order chi connectivity index (χ0) is 19.8. The second-order valence-corrected chi connectivity index (χ2v) is 7.78. The molecule has 1 aliphatic rings. The highest BCUT2D eigenvalue weighted by Crippen LogP contribution is 2.40. The lowest BCUT2D eigenvalue weighted by atomic mass is 9.96. The number of aryl methyl sites for hydroxylation is 4. The highest BCUT2D eigenvalue weighted by Gasteiger charge is 2.29. The first-order chi connectivity index (χ1) is 13.5. The Balaban J connectivity index is 1.87. The van der Waals surface area contributed by atoms with E-state index in [1.807, 2.05) is 23.9 Å². The predicted octanol–water partition coefficient (Wildman–Crippen LogP) is 5.86. The Bertz CT molecular complexity index is 1000. The number of aromatic nitrogens is 2. The molecule has 0 bridgehead atoms. The molecule has 3 aromatic rings. The van der Waals surface area contributed by atoms with E-state index in [9.17, 15) is 0 Å². The van der Waals surface area contributed by atoms with Crippen molar-refractivity contribution in [2.24, 2.45) is 7.05 Å². The number of nitrogens with zero attached hydrogens (tertiary/aromatic N) is 3. The minimum atomic E-state index is 0.910. The van der Waals surface area contributed by atoms with Crippen molar-refractivity contribution in [3.8, 4) is 0 Å². The van der Waals surface area contributed by atoms with Crippen molar-refractivity contribution >= 4 is 17.1 Å². The third kappa shape index (κ3) is 3.07. The van der Waals surface area contributed by atoms with Crippen LogP contribution < -0.4 is 4.90 Å². The predicted molar refractivity (Wildman–Crippen MR) is 115 cm³/mol. The van der Waals surface area contributed by atoms with Crippen LogP contribution in [0.5, 0.6) is 0 Å². The summed E-state index contributed by atoms with van der Waals surface area (Å²) < 4.78 is 7.79. The van der Waals surface area contributed by atoms with Crippen LogP contribution in [-0.2, 0) is 13.5 Å². The molecule has 1 aliphatic heterocycles. The van der Waals surface area contributed by atoms with E-state index in [0.29, 0.717) is 0 Å². The molecular formula is C24H29N3O. The number of furan rings is 1. The number of rotatable bonds is 4. The Hall–Kier alpha value is -2.75. The van der Waals surface area contributed by atoms with Crippen LogP contribution in [0.3, 0.4) is 0 Å². The molecule has 28 heavy (non-hydrogen) atoms. The van der Waals surface area contributed by atoms with Crippen molar-refractivity contribution in [2.75, 3.05) is 11.4 Å². The molecule has 4 nitrogen and oxygen atoms in total. The van der Waals surface area contributed by atoms with E-state index in [4.69, 9.17) is 9.52 Å². The van der Waals surface area contributed by atoms with Crippen molar-refractivity contribution in [1.29, 1.82) is 0 Å². The summed E-state index contributed by atoms with van der Waals surface area (Å²) >= 11 is 0. The summed E-state index contributed by atoms with van der Waals surface area (Å²) in [6.07, 6.45) is 7.11. The highest BCUT2D eigenvalue weighted by molar-refractivity contribution is 5.82. The summed E-state index contributed by atoms with van der Waals surface area (Å²) in [5.41, 5.74) is 8.88. The number of anilines is 2. The Kier molecular flexibility index (Phi) is 4.88. The number of benzene rings is 1. The van der Waals surface area contributed by atoms with Gasteiger partial charge in [-0.05, 0) is 63.3 Å². The number of hydrogen-bond donors (Lipinski definition) is 0. The van der Waals surface area contributed by atoms with Gasteiger partial charge in [0.15, 0.2) is 5.82 Å². The van der Waals surface area contributed by atoms with Gasteiger partial charge in [-0.2, -0.15) is 5.10 Å². The second kappa shape index (κ2) is 7.34. The van der Waals surface area contributed by atoms with Gasteiger partial charge in [0.2, 0.25) is 0 Å². The SMILES string of the molecule is CCC=C(c1ccco1)c1c2c(nn1C)N(c1c(C)cc(C)cc1C)CCC2. The van der Waals surface area contributed by atoms with Gasteiger partial charge in [-0.3, -0.25) is 4.68 Å². The Morgan fingerprint density at radius 2 is 1.96 bits per heavy atom. The zero-order valence-corrected chi connectivity index (χ0v) is 17.5. The van der Waals surface area contributed by atoms with Gasteiger partial charge in [-0.1, -0.05) is 30.7 Å². The molecule has 146 valence electrons. The molecule has 0 saturated heterocycles. The van der Waals surface area contributed by atoms with Crippen LogP contribution in [0.4, 0.5) is 11.5 Å². The Labute approximate surface area is 167 Å². The van der Waals surface area contributed by atoms with Crippen molar-refractivity contribution < 1.29 is 4.42 Å². The van der Waals surface area contributed by atoms with Crippen LogP contribution in [0.2, 0.25) is 0 Å². The van der Waals surface area contributed by atoms with Gasteiger partial charge in [0.1, 0.15) is 5.76 Å². The van der Waals surface area contributed by atoms with Crippen LogP contribution in [0.25, 0.3) is 5.57 Å². The van der Waals surface area contributed by atoms with Crippen molar-refractivity contribution in [3.05, 3.63) is 70.3 Å². The fraction of sp³-hybridized carbons (Fsp3) is 0.375. The largest absolute Gasteiger partial charge is 0.464 e. The highest BCUT2D eigenvalue weighted by atomic mass is 16.3. The van der Waals surface area contributed by atoms with Gasteiger partial charge in [0.05, 0.1) is 12.0 Å². The average Bonchev–Trinajstić information content (AvgIpc) is 3.27. The molecular weight excluding hydrogens is 346 g/mol. The smallest absolute Gasteiger partial charge is 0.158 e. The summed E-state index contributed by atoms with van der Waals surface area (Å²) in [7, 11) is 2.05. The van der Waals surface area contributed by atoms with E-state index in [0.717, 1.165) is 43.0 Å². The minimum absolute atomic E-state index is 0.910. The second-order valence-electron chi connectivity index (χ2n) is 7.78. The van der Waals surface area contributed by atoms with Crippen molar-refractivity contribution in [1.82, 2.24) is 9.78 Å². The first kappa shape index (κ1) is 18.6. The van der Waals surface area contributed by atoms with Crippen LogP contribution in [0.15, 0.2) is 41.0 Å². The normalized spacial score (nSPS) is 14.5. The molecule has 4 heteroatoms. The third-order valence-electron chi connectivity index (χ3n) is 5.54. The lowest BCUT2D eigenvalue weighted by Gasteiger charge is -2.31. The average molecular weight is 376 g/mol. The van der Waals surface area contributed by atoms with Crippen LogP contribution in [0.1, 0.15) is 53.5 Å². The monoisotopic (exact) mass is 375 g/mol. The van der Waals surface area contributed by atoms with Gasteiger partial charge < -0.3 is 9.32 Å². The number of allylic oxidation sites excluding steroid dienone is 1. The molecule has 0 radical (unpaired) electrons. The van der Waals surface area contributed by atoms with E-state index in [1.54, 1.807) is 6.26 Å². The maximum Gasteiger partial charge on any atom is 0.158 e. The molecule has 0 N–H and O–H groups in total.